The summed E-state index contributed by atoms with van der Waals surface area (Å²) in [6.07, 6.45) is 1.72. The average molecular weight is 335 g/mol. The van der Waals surface area contributed by atoms with Crippen molar-refractivity contribution < 1.29 is 23.7 Å². The van der Waals surface area contributed by atoms with Gasteiger partial charge < -0.3 is 23.8 Å². The number of benzene rings is 1. The first kappa shape index (κ1) is 17.0. The molecule has 0 radical (unpaired) electrons. The molecule has 1 aromatic rings. The number of methoxy groups -OCH3 is 1. The van der Waals surface area contributed by atoms with E-state index < -0.39 is 0 Å². The third-order valence-electron chi connectivity index (χ3n) is 4.57. The number of carbonyl (C=O) groups excluding carboxylic acids is 1. The number of carbonyl (C=O) groups is 1. The smallest absolute Gasteiger partial charge is 0.253 e. The van der Waals surface area contributed by atoms with Crippen LogP contribution in [0, 0.1) is 5.92 Å². The lowest BCUT2D eigenvalue weighted by atomic mass is 9.95. The average Bonchev–Trinajstić information content (AvgIpc) is 3.16. The van der Waals surface area contributed by atoms with Crippen LogP contribution in [0.1, 0.15) is 30.1 Å². The molecule has 132 valence electrons. The Morgan fingerprint density at radius 1 is 1.21 bits per heavy atom. The van der Waals surface area contributed by atoms with Crippen LogP contribution < -0.4 is 9.47 Å². The Kier molecular flexibility index (Phi) is 5.58. The maximum absolute atomic E-state index is 12.7. The maximum Gasteiger partial charge on any atom is 0.253 e. The molecular weight excluding hydrogens is 310 g/mol. The van der Waals surface area contributed by atoms with Crippen molar-refractivity contribution >= 4 is 5.91 Å². The Hall–Kier alpha value is -1.79. The largest absolute Gasteiger partial charge is 0.493 e. The molecule has 0 spiro atoms. The summed E-state index contributed by atoms with van der Waals surface area (Å²) in [5.41, 5.74) is 0.627. The number of ether oxygens (including phenoxy) is 4. The second-order valence-electron chi connectivity index (χ2n) is 6.04. The van der Waals surface area contributed by atoms with Crippen LogP contribution in [-0.4, -0.2) is 57.1 Å². The predicted molar refractivity (Wildman–Crippen MR) is 88.5 cm³/mol. The highest BCUT2D eigenvalue weighted by atomic mass is 16.7. The Labute approximate surface area is 142 Å². The van der Waals surface area contributed by atoms with Crippen molar-refractivity contribution in [3.63, 3.8) is 0 Å². The summed E-state index contributed by atoms with van der Waals surface area (Å²) in [6, 6.07) is 5.34. The normalized spacial score (nSPS) is 19.5. The lowest BCUT2D eigenvalue weighted by molar-refractivity contribution is -0.0956. The quantitative estimate of drug-likeness (QED) is 0.826. The topological polar surface area (TPSA) is 57.2 Å². The van der Waals surface area contributed by atoms with Crippen molar-refractivity contribution in [2.75, 3.05) is 40.0 Å². The number of rotatable bonds is 5. The molecule has 0 N–H and O–H groups in total. The molecule has 3 rings (SSSR count). The van der Waals surface area contributed by atoms with Crippen molar-refractivity contribution in [1.29, 1.82) is 0 Å². The van der Waals surface area contributed by atoms with Crippen LogP contribution in [0.2, 0.25) is 0 Å². The first-order chi connectivity index (χ1) is 11.7. The molecular formula is C18H25NO5. The molecule has 2 fully saturated rings. The van der Waals surface area contributed by atoms with Gasteiger partial charge in [0.25, 0.3) is 5.91 Å². The maximum atomic E-state index is 12.7. The number of likely N-dealkylation sites (tertiary alicyclic amines) is 1. The molecule has 2 saturated heterocycles. The highest BCUT2D eigenvalue weighted by Crippen LogP contribution is 2.30. The minimum Gasteiger partial charge on any atom is -0.493 e. The predicted octanol–water partition coefficient (Wildman–Crippen LogP) is 2.32. The second-order valence-corrected chi connectivity index (χ2v) is 6.04. The van der Waals surface area contributed by atoms with E-state index in [-0.39, 0.29) is 12.2 Å². The SMILES string of the molecule is CCOc1ccc(C(=O)N2CCC(C3OCCO3)CC2)cc1OC. The van der Waals surface area contributed by atoms with Gasteiger partial charge in [-0.1, -0.05) is 0 Å². The van der Waals surface area contributed by atoms with Gasteiger partial charge >= 0.3 is 0 Å². The van der Waals surface area contributed by atoms with E-state index in [0.29, 0.717) is 42.8 Å². The van der Waals surface area contributed by atoms with Gasteiger partial charge in [-0.3, -0.25) is 4.79 Å². The van der Waals surface area contributed by atoms with E-state index in [1.54, 1.807) is 25.3 Å². The Balaban J connectivity index is 1.62. The first-order valence-corrected chi connectivity index (χ1v) is 8.56. The van der Waals surface area contributed by atoms with E-state index in [1.807, 2.05) is 11.8 Å². The zero-order valence-corrected chi connectivity index (χ0v) is 14.3. The Bertz CT molecular complexity index is 563. The van der Waals surface area contributed by atoms with E-state index in [2.05, 4.69) is 0 Å². The number of hydrogen-bond donors (Lipinski definition) is 0. The van der Waals surface area contributed by atoms with E-state index >= 15 is 0 Å². The van der Waals surface area contributed by atoms with Gasteiger partial charge in [0.1, 0.15) is 0 Å². The zero-order valence-electron chi connectivity index (χ0n) is 14.3. The number of amides is 1. The van der Waals surface area contributed by atoms with Crippen LogP contribution in [0.15, 0.2) is 18.2 Å². The monoisotopic (exact) mass is 335 g/mol. The summed E-state index contributed by atoms with van der Waals surface area (Å²) in [5, 5.41) is 0. The molecule has 1 amide bonds. The van der Waals surface area contributed by atoms with E-state index in [9.17, 15) is 4.79 Å². The molecule has 0 bridgehead atoms. The molecule has 6 heteroatoms. The molecule has 2 aliphatic rings. The highest BCUT2D eigenvalue weighted by molar-refractivity contribution is 5.95. The van der Waals surface area contributed by atoms with Gasteiger partial charge in [0.15, 0.2) is 17.8 Å². The fourth-order valence-corrected chi connectivity index (χ4v) is 3.28. The van der Waals surface area contributed by atoms with Crippen molar-refractivity contribution in [1.82, 2.24) is 4.90 Å². The van der Waals surface area contributed by atoms with Crippen LogP contribution >= 0.6 is 0 Å². The van der Waals surface area contributed by atoms with Crippen LogP contribution in [0.5, 0.6) is 11.5 Å². The summed E-state index contributed by atoms with van der Waals surface area (Å²) in [6.45, 7) is 5.28. The van der Waals surface area contributed by atoms with Gasteiger partial charge in [-0.2, -0.15) is 0 Å². The summed E-state index contributed by atoms with van der Waals surface area (Å²) >= 11 is 0. The van der Waals surface area contributed by atoms with Crippen LogP contribution in [0.3, 0.4) is 0 Å². The molecule has 1 aromatic carbocycles. The molecule has 6 nitrogen and oxygen atoms in total. The third-order valence-corrected chi connectivity index (χ3v) is 4.57. The second kappa shape index (κ2) is 7.85. The third kappa shape index (κ3) is 3.65. The van der Waals surface area contributed by atoms with Gasteiger partial charge in [-0.15, -0.1) is 0 Å². The van der Waals surface area contributed by atoms with E-state index in [0.717, 1.165) is 25.9 Å². The summed E-state index contributed by atoms with van der Waals surface area (Å²) in [4.78, 5) is 14.6. The molecule has 2 aliphatic heterocycles. The van der Waals surface area contributed by atoms with Crippen LogP contribution in [0.4, 0.5) is 0 Å². The number of hydrogen-bond acceptors (Lipinski definition) is 5. The lowest BCUT2D eigenvalue weighted by Gasteiger charge is -2.34. The summed E-state index contributed by atoms with van der Waals surface area (Å²) in [7, 11) is 1.58. The molecule has 0 aliphatic carbocycles. The number of nitrogens with zero attached hydrogens (tertiary/aromatic N) is 1. The van der Waals surface area contributed by atoms with Gasteiger partial charge in [0, 0.05) is 24.6 Å². The molecule has 0 saturated carbocycles. The standard InChI is InChI=1S/C18H25NO5/c1-3-22-15-5-4-14(12-16(15)21-2)17(20)19-8-6-13(7-9-19)18-23-10-11-24-18/h4-5,12-13,18H,3,6-11H2,1-2H3. The van der Waals surface area contributed by atoms with E-state index in [1.165, 1.54) is 0 Å². The van der Waals surface area contributed by atoms with Crippen molar-refractivity contribution in [2.45, 2.75) is 26.1 Å². The minimum absolute atomic E-state index is 0.0306. The van der Waals surface area contributed by atoms with Crippen molar-refractivity contribution in [2.24, 2.45) is 5.92 Å². The van der Waals surface area contributed by atoms with Crippen LogP contribution in [-0.2, 0) is 9.47 Å². The number of piperidine rings is 1. The fraction of sp³-hybridized carbons (Fsp3) is 0.611. The molecule has 0 atom stereocenters. The van der Waals surface area contributed by atoms with Gasteiger partial charge in [-0.25, -0.2) is 0 Å². The van der Waals surface area contributed by atoms with Gasteiger partial charge in [-0.05, 0) is 38.0 Å². The molecule has 2 heterocycles. The first-order valence-electron chi connectivity index (χ1n) is 8.56. The molecule has 0 unspecified atom stereocenters. The van der Waals surface area contributed by atoms with E-state index in [4.69, 9.17) is 18.9 Å². The van der Waals surface area contributed by atoms with Gasteiger partial charge in [0.05, 0.1) is 26.9 Å². The van der Waals surface area contributed by atoms with Crippen LogP contribution in [0.25, 0.3) is 0 Å². The van der Waals surface area contributed by atoms with Gasteiger partial charge in [0.2, 0.25) is 0 Å². The molecule has 0 aromatic heterocycles. The minimum atomic E-state index is -0.0900. The lowest BCUT2D eigenvalue weighted by Crippen LogP contribution is -2.41. The summed E-state index contributed by atoms with van der Waals surface area (Å²) < 4.78 is 22.0. The summed E-state index contributed by atoms with van der Waals surface area (Å²) in [5.74, 6) is 1.66. The van der Waals surface area contributed by atoms with Crippen molar-refractivity contribution in [3.05, 3.63) is 23.8 Å². The Morgan fingerprint density at radius 2 is 1.92 bits per heavy atom. The molecule has 24 heavy (non-hydrogen) atoms. The van der Waals surface area contributed by atoms with Crippen molar-refractivity contribution in [3.8, 4) is 11.5 Å². The fourth-order valence-electron chi connectivity index (χ4n) is 3.28. The highest BCUT2D eigenvalue weighted by Gasteiger charge is 2.32. The zero-order chi connectivity index (χ0) is 16.9. The Morgan fingerprint density at radius 3 is 2.54 bits per heavy atom.